The quantitative estimate of drug-likeness (QED) is 0.521. The van der Waals surface area contributed by atoms with Crippen molar-refractivity contribution in [2.75, 3.05) is 42.7 Å². The van der Waals surface area contributed by atoms with Crippen LogP contribution in [0.15, 0.2) is 36.4 Å². The Morgan fingerprint density at radius 3 is 1.91 bits per heavy atom. The third-order valence-corrected chi connectivity index (χ3v) is 5.63. The summed E-state index contributed by atoms with van der Waals surface area (Å²) < 4.78 is 0. The second kappa shape index (κ2) is 11.0. The molecule has 0 atom stereocenters. The summed E-state index contributed by atoms with van der Waals surface area (Å²) in [6.45, 7) is 13.7. The second-order valence-electron chi connectivity index (χ2n) is 8.80. The number of anilines is 3. The predicted molar refractivity (Wildman–Crippen MR) is 135 cm³/mol. The van der Waals surface area contributed by atoms with E-state index in [0.717, 1.165) is 22.5 Å². The predicted octanol–water partition coefficient (Wildman–Crippen LogP) is 6.13. The van der Waals surface area contributed by atoms with E-state index in [-0.39, 0.29) is 23.8 Å². The topological polar surface area (TPSA) is 64.7 Å². The summed E-state index contributed by atoms with van der Waals surface area (Å²) in [5.74, 6) is 0.512. The first kappa shape index (κ1) is 25.2. The molecule has 32 heavy (non-hydrogen) atoms. The van der Waals surface area contributed by atoms with Crippen LogP contribution in [0, 0.1) is 0 Å². The first-order valence-corrected chi connectivity index (χ1v) is 11.4. The molecular weight excluding hydrogens is 400 g/mol. The van der Waals surface area contributed by atoms with E-state index >= 15 is 0 Å². The van der Waals surface area contributed by atoms with Crippen LogP contribution in [0.5, 0.6) is 0 Å². The van der Waals surface area contributed by atoms with Crippen LogP contribution in [0.25, 0.3) is 0 Å². The van der Waals surface area contributed by atoms with Crippen molar-refractivity contribution < 1.29 is 9.59 Å². The van der Waals surface area contributed by atoms with Crippen LogP contribution in [-0.4, -0.2) is 44.0 Å². The summed E-state index contributed by atoms with van der Waals surface area (Å²) >= 11 is 0. The summed E-state index contributed by atoms with van der Waals surface area (Å²) in [5.41, 5.74) is 5.04. The lowest BCUT2D eigenvalue weighted by Crippen LogP contribution is -2.32. The van der Waals surface area contributed by atoms with Gasteiger partial charge < -0.3 is 20.4 Å². The van der Waals surface area contributed by atoms with Gasteiger partial charge in [-0.25, -0.2) is 4.79 Å². The van der Waals surface area contributed by atoms with Crippen LogP contribution < -0.4 is 15.5 Å². The fourth-order valence-electron chi connectivity index (χ4n) is 3.83. The highest BCUT2D eigenvalue weighted by molar-refractivity contribution is 6.04. The van der Waals surface area contributed by atoms with Crippen molar-refractivity contribution >= 4 is 29.0 Å². The Morgan fingerprint density at radius 1 is 0.875 bits per heavy atom. The van der Waals surface area contributed by atoms with Crippen molar-refractivity contribution in [3.8, 4) is 0 Å². The lowest BCUT2D eigenvalue weighted by Gasteiger charge is -2.24. The fraction of sp³-hybridized carbons (Fsp3) is 0.462. The molecule has 0 radical (unpaired) electrons. The van der Waals surface area contributed by atoms with Crippen LogP contribution in [0.3, 0.4) is 0 Å². The van der Waals surface area contributed by atoms with Gasteiger partial charge >= 0.3 is 6.03 Å². The van der Waals surface area contributed by atoms with Crippen molar-refractivity contribution in [2.45, 2.75) is 53.4 Å². The van der Waals surface area contributed by atoms with Gasteiger partial charge in [-0.3, -0.25) is 4.79 Å². The van der Waals surface area contributed by atoms with Crippen molar-refractivity contribution in [1.29, 1.82) is 0 Å². The number of hydrogen-bond donors (Lipinski definition) is 2. The number of nitrogens with one attached hydrogen (secondary N) is 2. The first-order valence-electron chi connectivity index (χ1n) is 11.4. The standard InChI is InChI=1S/C26H38N4O2/c1-9-30(10-2)25(31)22-16-19(14-15-23(22)29(7)8)27-26(32)28-24-20(17(3)4)12-11-13-21(24)18(5)6/h11-18H,9-10H2,1-8H3,(H2,27,28,32). The summed E-state index contributed by atoms with van der Waals surface area (Å²) in [4.78, 5) is 29.7. The van der Waals surface area contributed by atoms with Gasteiger partial charge in [0.15, 0.2) is 0 Å². The lowest BCUT2D eigenvalue weighted by molar-refractivity contribution is 0.0773. The Morgan fingerprint density at radius 2 is 1.44 bits per heavy atom. The van der Waals surface area contributed by atoms with E-state index in [0.29, 0.717) is 24.3 Å². The van der Waals surface area contributed by atoms with Gasteiger partial charge in [0.1, 0.15) is 0 Å². The molecule has 3 amide bonds. The summed E-state index contributed by atoms with van der Waals surface area (Å²) in [5, 5.41) is 5.99. The lowest BCUT2D eigenvalue weighted by atomic mass is 9.93. The van der Waals surface area contributed by atoms with Gasteiger partial charge in [0.25, 0.3) is 5.91 Å². The molecular formula is C26H38N4O2. The number of urea groups is 1. The van der Waals surface area contributed by atoms with Crippen LogP contribution in [-0.2, 0) is 0 Å². The zero-order valence-corrected chi connectivity index (χ0v) is 20.7. The Hall–Kier alpha value is -3.02. The van der Waals surface area contributed by atoms with Crippen molar-refractivity contribution in [3.63, 3.8) is 0 Å². The highest BCUT2D eigenvalue weighted by Crippen LogP contribution is 2.32. The molecule has 2 rings (SSSR count). The molecule has 0 aliphatic rings. The van der Waals surface area contributed by atoms with E-state index < -0.39 is 0 Å². The second-order valence-corrected chi connectivity index (χ2v) is 8.80. The highest BCUT2D eigenvalue weighted by atomic mass is 16.2. The molecule has 6 heteroatoms. The monoisotopic (exact) mass is 438 g/mol. The Kier molecular flexibility index (Phi) is 8.70. The molecule has 2 N–H and O–H groups in total. The largest absolute Gasteiger partial charge is 0.377 e. The minimum Gasteiger partial charge on any atom is -0.377 e. The molecule has 2 aromatic rings. The van der Waals surface area contributed by atoms with Gasteiger partial charge in [0.2, 0.25) is 0 Å². The molecule has 0 fully saturated rings. The Labute approximate surface area is 193 Å². The van der Waals surface area contributed by atoms with E-state index in [9.17, 15) is 9.59 Å². The molecule has 0 bridgehead atoms. The third-order valence-electron chi connectivity index (χ3n) is 5.63. The van der Waals surface area contributed by atoms with Crippen molar-refractivity contribution in [1.82, 2.24) is 4.90 Å². The molecule has 0 unspecified atom stereocenters. The smallest absolute Gasteiger partial charge is 0.323 e. The van der Waals surface area contributed by atoms with Gasteiger partial charge in [0, 0.05) is 44.2 Å². The van der Waals surface area contributed by atoms with Gasteiger partial charge in [-0.05, 0) is 55.0 Å². The number of carbonyl (C=O) groups excluding carboxylic acids is 2. The SMILES string of the molecule is CCN(CC)C(=O)c1cc(NC(=O)Nc2c(C(C)C)cccc2C(C)C)ccc1N(C)C. The molecule has 6 nitrogen and oxygen atoms in total. The maximum absolute atomic E-state index is 13.1. The van der Waals surface area contributed by atoms with E-state index in [4.69, 9.17) is 0 Å². The number of nitrogens with zero attached hydrogens (tertiary/aromatic N) is 2. The van der Waals surface area contributed by atoms with E-state index in [1.807, 2.05) is 51.0 Å². The highest BCUT2D eigenvalue weighted by Gasteiger charge is 2.20. The molecule has 0 aliphatic heterocycles. The van der Waals surface area contributed by atoms with Crippen LogP contribution >= 0.6 is 0 Å². The zero-order valence-electron chi connectivity index (χ0n) is 20.7. The molecule has 0 heterocycles. The number of hydrogen-bond acceptors (Lipinski definition) is 3. The van der Waals surface area contributed by atoms with Gasteiger partial charge in [-0.1, -0.05) is 45.9 Å². The Balaban J connectivity index is 2.35. The average molecular weight is 439 g/mol. The average Bonchev–Trinajstić information content (AvgIpc) is 2.73. The molecule has 0 saturated heterocycles. The normalized spacial score (nSPS) is 10.9. The molecule has 0 spiro atoms. The minimum absolute atomic E-state index is 0.0463. The number of amides is 3. The third kappa shape index (κ3) is 5.81. The fourth-order valence-corrected chi connectivity index (χ4v) is 3.83. The first-order chi connectivity index (χ1) is 15.1. The molecule has 174 valence electrons. The van der Waals surface area contributed by atoms with Gasteiger partial charge in [-0.15, -0.1) is 0 Å². The summed E-state index contributed by atoms with van der Waals surface area (Å²) in [7, 11) is 3.81. The minimum atomic E-state index is -0.321. The maximum Gasteiger partial charge on any atom is 0.323 e. The maximum atomic E-state index is 13.1. The summed E-state index contributed by atoms with van der Waals surface area (Å²) in [6, 6.07) is 11.3. The van der Waals surface area contributed by atoms with Crippen LogP contribution in [0.4, 0.5) is 21.9 Å². The van der Waals surface area contributed by atoms with Crippen LogP contribution in [0.1, 0.15) is 74.9 Å². The van der Waals surface area contributed by atoms with Crippen molar-refractivity contribution in [2.24, 2.45) is 0 Å². The zero-order chi connectivity index (χ0) is 24.0. The number of carbonyl (C=O) groups is 2. The molecule has 0 saturated carbocycles. The Bertz CT molecular complexity index is 921. The van der Waals surface area contributed by atoms with E-state index in [1.54, 1.807) is 11.0 Å². The molecule has 2 aromatic carbocycles. The van der Waals surface area contributed by atoms with E-state index in [2.05, 4.69) is 50.5 Å². The summed E-state index contributed by atoms with van der Waals surface area (Å²) in [6.07, 6.45) is 0. The number of rotatable bonds is 8. The van der Waals surface area contributed by atoms with Gasteiger partial charge in [0.05, 0.1) is 5.56 Å². The number of para-hydroxylation sites is 1. The van der Waals surface area contributed by atoms with Gasteiger partial charge in [-0.2, -0.15) is 0 Å². The molecule has 0 aromatic heterocycles. The number of benzene rings is 2. The van der Waals surface area contributed by atoms with Crippen molar-refractivity contribution in [3.05, 3.63) is 53.1 Å². The van der Waals surface area contributed by atoms with Crippen LogP contribution in [0.2, 0.25) is 0 Å². The van der Waals surface area contributed by atoms with E-state index in [1.165, 1.54) is 0 Å². The molecule has 0 aliphatic carbocycles.